The molecule has 0 radical (unpaired) electrons. The van der Waals surface area contributed by atoms with Gasteiger partial charge in [-0.3, -0.25) is 0 Å². The standard InChI is InChI=1S/C24H29N2O/c25-20-24(21-8-3-1-4-9-21,22-10-5-2-6-11-22)23-12-16-26(17-13-23,18-14-23)15-7-19-27/h1-6,8-11,27H,7,12-19H2/q+1. The molecule has 2 aromatic rings. The van der Waals surface area contributed by atoms with Crippen molar-refractivity contribution in [3.05, 3.63) is 71.8 Å². The van der Waals surface area contributed by atoms with E-state index in [1.165, 1.54) is 0 Å². The first-order valence-corrected chi connectivity index (χ1v) is 10.2. The lowest BCUT2D eigenvalue weighted by molar-refractivity contribution is -0.946. The van der Waals surface area contributed by atoms with Crippen molar-refractivity contribution in [2.24, 2.45) is 5.41 Å². The smallest absolute Gasteiger partial charge is 0.113 e. The van der Waals surface area contributed by atoms with Gasteiger partial charge in [0.1, 0.15) is 5.41 Å². The molecule has 1 N–H and O–H groups in total. The van der Waals surface area contributed by atoms with Crippen LogP contribution in [0.15, 0.2) is 60.7 Å². The predicted octanol–water partition coefficient (Wildman–Crippen LogP) is 3.88. The summed E-state index contributed by atoms with van der Waals surface area (Å²) < 4.78 is 1.13. The van der Waals surface area contributed by atoms with Crippen LogP contribution in [0, 0.1) is 16.7 Å². The molecule has 2 bridgehead atoms. The molecule has 0 unspecified atom stereocenters. The average molecular weight is 362 g/mol. The molecule has 140 valence electrons. The van der Waals surface area contributed by atoms with Gasteiger partial charge in [0, 0.05) is 37.7 Å². The lowest BCUT2D eigenvalue weighted by Gasteiger charge is -2.60. The predicted molar refractivity (Wildman–Crippen MR) is 107 cm³/mol. The first-order chi connectivity index (χ1) is 13.2. The number of rotatable bonds is 6. The Labute approximate surface area is 162 Å². The first kappa shape index (κ1) is 18.2. The highest BCUT2D eigenvalue weighted by Gasteiger charge is 2.61. The summed E-state index contributed by atoms with van der Waals surface area (Å²) in [4.78, 5) is 0. The molecule has 27 heavy (non-hydrogen) atoms. The molecule has 3 fully saturated rings. The maximum atomic E-state index is 10.7. The number of nitrogens with zero attached hydrogens (tertiary/aromatic N) is 2. The first-order valence-electron chi connectivity index (χ1n) is 10.2. The number of fused-ring (bicyclic) bond motifs is 3. The molecule has 0 saturated carbocycles. The fraction of sp³-hybridized carbons (Fsp3) is 0.458. The summed E-state index contributed by atoms with van der Waals surface area (Å²) in [7, 11) is 0. The molecule has 3 heteroatoms. The van der Waals surface area contributed by atoms with E-state index in [0.29, 0.717) is 0 Å². The van der Waals surface area contributed by atoms with Crippen molar-refractivity contribution in [3.8, 4) is 6.07 Å². The lowest BCUT2D eigenvalue weighted by Crippen LogP contribution is -2.66. The van der Waals surface area contributed by atoms with Gasteiger partial charge in [-0.25, -0.2) is 0 Å². The molecule has 2 aromatic carbocycles. The normalized spacial score (nSPS) is 27.3. The van der Waals surface area contributed by atoms with Gasteiger partial charge in [0.15, 0.2) is 0 Å². The van der Waals surface area contributed by atoms with Gasteiger partial charge in [-0.1, -0.05) is 60.7 Å². The highest BCUT2D eigenvalue weighted by atomic mass is 16.3. The summed E-state index contributed by atoms with van der Waals surface area (Å²) in [5, 5.41) is 19.9. The molecule has 3 aliphatic heterocycles. The van der Waals surface area contributed by atoms with Crippen LogP contribution in [0.4, 0.5) is 0 Å². The molecule has 0 aromatic heterocycles. The second kappa shape index (κ2) is 7.11. The number of hydrogen-bond donors (Lipinski definition) is 1. The van der Waals surface area contributed by atoms with E-state index in [1.54, 1.807) is 0 Å². The topological polar surface area (TPSA) is 44.0 Å². The Hall–Kier alpha value is -2.15. The summed E-state index contributed by atoms with van der Waals surface area (Å²) in [5.41, 5.74) is 1.67. The van der Waals surface area contributed by atoms with E-state index in [0.717, 1.165) is 67.5 Å². The van der Waals surface area contributed by atoms with Crippen LogP contribution in [0.2, 0.25) is 0 Å². The zero-order valence-corrected chi connectivity index (χ0v) is 16.0. The van der Waals surface area contributed by atoms with Gasteiger partial charge in [-0.2, -0.15) is 5.26 Å². The maximum absolute atomic E-state index is 10.7. The van der Waals surface area contributed by atoms with Crippen LogP contribution >= 0.6 is 0 Å². The Morgan fingerprint density at radius 2 is 1.37 bits per heavy atom. The van der Waals surface area contributed by atoms with Crippen LogP contribution in [0.25, 0.3) is 0 Å². The third kappa shape index (κ3) is 2.79. The minimum atomic E-state index is -0.594. The monoisotopic (exact) mass is 361 g/mol. The highest BCUT2D eigenvalue weighted by molar-refractivity contribution is 5.49. The van der Waals surface area contributed by atoms with Crippen LogP contribution < -0.4 is 0 Å². The van der Waals surface area contributed by atoms with Crippen molar-refractivity contribution in [1.29, 1.82) is 5.26 Å². The molecule has 0 amide bonds. The van der Waals surface area contributed by atoms with Crippen LogP contribution in [0.3, 0.4) is 0 Å². The Morgan fingerprint density at radius 1 is 0.889 bits per heavy atom. The quantitative estimate of drug-likeness (QED) is 0.794. The summed E-state index contributed by atoms with van der Waals surface area (Å²) in [5.74, 6) is 0. The van der Waals surface area contributed by atoms with E-state index in [9.17, 15) is 10.4 Å². The molecule has 3 saturated heterocycles. The van der Waals surface area contributed by atoms with Gasteiger partial charge < -0.3 is 9.59 Å². The van der Waals surface area contributed by atoms with Gasteiger partial charge >= 0.3 is 0 Å². The molecular weight excluding hydrogens is 332 g/mol. The minimum Gasteiger partial charge on any atom is -0.396 e. The molecule has 0 atom stereocenters. The van der Waals surface area contributed by atoms with E-state index in [4.69, 9.17) is 0 Å². The summed E-state index contributed by atoms with van der Waals surface area (Å²) in [6.45, 7) is 4.74. The van der Waals surface area contributed by atoms with Crippen molar-refractivity contribution in [3.63, 3.8) is 0 Å². The number of quaternary nitrogens is 1. The van der Waals surface area contributed by atoms with E-state index in [2.05, 4.69) is 54.6 Å². The maximum Gasteiger partial charge on any atom is 0.113 e. The van der Waals surface area contributed by atoms with Crippen LogP contribution in [-0.2, 0) is 5.41 Å². The fourth-order valence-electron chi connectivity index (χ4n) is 5.77. The van der Waals surface area contributed by atoms with E-state index >= 15 is 0 Å². The number of nitriles is 1. The van der Waals surface area contributed by atoms with E-state index in [-0.39, 0.29) is 12.0 Å². The Morgan fingerprint density at radius 3 is 1.78 bits per heavy atom. The van der Waals surface area contributed by atoms with Crippen molar-refractivity contribution in [1.82, 2.24) is 0 Å². The van der Waals surface area contributed by atoms with E-state index in [1.807, 2.05) is 12.1 Å². The molecule has 3 aliphatic rings. The van der Waals surface area contributed by atoms with Crippen molar-refractivity contribution < 1.29 is 9.59 Å². The zero-order valence-electron chi connectivity index (χ0n) is 16.0. The van der Waals surface area contributed by atoms with Gasteiger partial charge in [0.05, 0.1) is 32.2 Å². The summed E-state index contributed by atoms with van der Waals surface area (Å²) in [6, 6.07) is 23.7. The van der Waals surface area contributed by atoms with Crippen molar-refractivity contribution >= 4 is 0 Å². The summed E-state index contributed by atoms with van der Waals surface area (Å²) in [6.07, 6.45) is 4.12. The SMILES string of the molecule is N#CC(c1ccccc1)(c1ccccc1)C12CC[N+](CCCO)(CC1)CC2. The van der Waals surface area contributed by atoms with Gasteiger partial charge in [0.2, 0.25) is 0 Å². The Balaban J connectivity index is 1.79. The molecule has 3 nitrogen and oxygen atoms in total. The zero-order chi connectivity index (χ0) is 18.8. The number of hydrogen-bond acceptors (Lipinski definition) is 2. The fourth-order valence-corrected chi connectivity index (χ4v) is 5.77. The van der Waals surface area contributed by atoms with Gasteiger partial charge in [-0.05, 0) is 11.1 Å². The van der Waals surface area contributed by atoms with Gasteiger partial charge in [0.25, 0.3) is 0 Å². The van der Waals surface area contributed by atoms with Crippen molar-refractivity contribution in [2.75, 3.05) is 32.8 Å². The van der Waals surface area contributed by atoms with Crippen LogP contribution in [0.5, 0.6) is 0 Å². The Bertz CT molecular complexity index is 745. The second-order valence-electron chi connectivity index (χ2n) is 8.44. The minimum absolute atomic E-state index is 0.0102. The highest BCUT2D eigenvalue weighted by Crippen LogP contribution is 2.58. The number of benzene rings is 2. The largest absolute Gasteiger partial charge is 0.396 e. The third-order valence-electron chi connectivity index (χ3n) is 7.36. The summed E-state index contributed by atoms with van der Waals surface area (Å²) >= 11 is 0. The molecule has 3 heterocycles. The lowest BCUT2D eigenvalue weighted by atomic mass is 9.50. The molecule has 0 aliphatic carbocycles. The van der Waals surface area contributed by atoms with Crippen molar-refractivity contribution in [2.45, 2.75) is 31.1 Å². The average Bonchev–Trinajstić information content (AvgIpc) is 2.76. The van der Waals surface area contributed by atoms with Crippen LogP contribution in [-0.4, -0.2) is 42.4 Å². The number of piperidine rings is 3. The number of aliphatic hydroxyl groups excluding tert-OH is 1. The second-order valence-corrected chi connectivity index (χ2v) is 8.44. The van der Waals surface area contributed by atoms with Crippen LogP contribution in [0.1, 0.15) is 36.8 Å². The third-order valence-corrected chi connectivity index (χ3v) is 7.36. The number of aliphatic hydroxyl groups is 1. The molecule has 5 rings (SSSR count). The molecular formula is C24H29N2O+. The van der Waals surface area contributed by atoms with Gasteiger partial charge in [-0.15, -0.1) is 0 Å². The molecule has 0 spiro atoms. The Kier molecular flexibility index (Phi) is 4.80. The van der Waals surface area contributed by atoms with E-state index < -0.39 is 5.41 Å².